The Labute approximate surface area is 176 Å². The van der Waals surface area contributed by atoms with Gasteiger partial charge in [-0.2, -0.15) is 0 Å². The Hall–Kier alpha value is -2.10. The van der Waals surface area contributed by atoms with Gasteiger partial charge >= 0.3 is 5.97 Å². The van der Waals surface area contributed by atoms with E-state index in [1.807, 2.05) is 0 Å². The van der Waals surface area contributed by atoms with Crippen molar-refractivity contribution >= 4 is 17.6 Å². The average molecular weight is 402 g/mol. The second-order valence-corrected chi connectivity index (χ2v) is 7.73. The highest BCUT2D eigenvalue weighted by Crippen LogP contribution is 2.16. The van der Waals surface area contributed by atoms with Gasteiger partial charge in [0, 0.05) is 6.42 Å². The van der Waals surface area contributed by atoms with Crippen molar-refractivity contribution in [3.63, 3.8) is 0 Å². The Kier molecular flexibility index (Phi) is 14.5. The van der Waals surface area contributed by atoms with Gasteiger partial charge in [0.2, 0.25) is 5.91 Å². The van der Waals surface area contributed by atoms with Crippen molar-refractivity contribution in [1.29, 1.82) is 0 Å². The molecule has 2 N–H and O–H groups in total. The largest absolute Gasteiger partial charge is 0.478 e. The molecule has 1 aromatic rings. The van der Waals surface area contributed by atoms with E-state index in [0.29, 0.717) is 12.1 Å². The van der Waals surface area contributed by atoms with Crippen molar-refractivity contribution in [2.75, 3.05) is 5.32 Å². The summed E-state index contributed by atoms with van der Waals surface area (Å²) in [5, 5.41) is 11.9. The number of rotatable bonds is 17. The van der Waals surface area contributed by atoms with Crippen LogP contribution in [0, 0.1) is 0 Å². The number of hydrogen-bond acceptors (Lipinski definition) is 2. The molecule has 0 bridgehead atoms. The number of amides is 1. The van der Waals surface area contributed by atoms with Crippen molar-refractivity contribution in [2.24, 2.45) is 0 Å². The van der Waals surface area contributed by atoms with E-state index in [4.69, 9.17) is 5.11 Å². The summed E-state index contributed by atoms with van der Waals surface area (Å²) in [7, 11) is 0. The third-order valence-corrected chi connectivity index (χ3v) is 5.10. The first-order valence-electron chi connectivity index (χ1n) is 11.4. The van der Waals surface area contributed by atoms with Crippen LogP contribution in [0.15, 0.2) is 36.4 Å². The number of unbranched alkanes of at least 4 members (excludes halogenated alkanes) is 11. The van der Waals surface area contributed by atoms with Crippen molar-refractivity contribution in [2.45, 2.75) is 96.8 Å². The summed E-state index contributed by atoms with van der Waals surface area (Å²) in [6.07, 6.45) is 21.0. The first-order valence-corrected chi connectivity index (χ1v) is 11.4. The molecule has 0 radical (unpaired) electrons. The van der Waals surface area contributed by atoms with Gasteiger partial charge in [-0.05, 0) is 44.2 Å². The summed E-state index contributed by atoms with van der Waals surface area (Å²) < 4.78 is 0. The molecule has 0 aliphatic carbocycles. The normalized spacial score (nSPS) is 11.1. The van der Waals surface area contributed by atoms with Crippen LogP contribution in [0.3, 0.4) is 0 Å². The fourth-order valence-corrected chi connectivity index (χ4v) is 3.35. The quantitative estimate of drug-likeness (QED) is 0.212. The molecule has 0 saturated carbocycles. The molecule has 4 heteroatoms. The Morgan fingerprint density at radius 2 is 1.38 bits per heavy atom. The summed E-state index contributed by atoms with van der Waals surface area (Å²) in [5.41, 5.74) is 0.503. The Morgan fingerprint density at radius 3 is 2.00 bits per heavy atom. The summed E-state index contributed by atoms with van der Waals surface area (Å²) in [6, 6.07) is 6.51. The maximum Gasteiger partial charge on any atom is 0.337 e. The summed E-state index contributed by atoms with van der Waals surface area (Å²) >= 11 is 0. The highest BCUT2D eigenvalue weighted by atomic mass is 16.4. The van der Waals surface area contributed by atoms with Crippen molar-refractivity contribution in [1.82, 2.24) is 0 Å². The number of carbonyl (C=O) groups excluding carboxylic acids is 1. The van der Waals surface area contributed by atoms with Crippen LogP contribution in [0.25, 0.3) is 0 Å². The molecule has 0 atom stereocenters. The monoisotopic (exact) mass is 401 g/mol. The summed E-state index contributed by atoms with van der Waals surface area (Å²) in [4.78, 5) is 23.2. The molecule has 0 aromatic heterocycles. The number of hydrogen-bond donors (Lipinski definition) is 2. The van der Waals surface area contributed by atoms with Gasteiger partial charge in [0.25, 0.3) is 0 Å². The number of nitrogens with one attached hydrogen (secondary N) is 1. The highest BCUT2D eigenvalue weighted by molar-refractivity contribution is 6.00. The Morgan fingerprint density at radius 1 is 0.828 bits per heavy atom. The second-order valence-electron chi connectivity index (χ2n) is 7.73. The molecule has 0 heterocycles. The number of carboxylic acid groups (broad SMARTS) is 1. The Bertz CT molecular complexity index is 610. The van der Waals surface area contributed by atoms with Crippen LogP contribution in [0.2, 0.25) is 0 Å². The number of para-hydroxylation sites is 1. The van der Waals surface area contributed by atoms with E-state index >= 15 is 0 Å². The fourth-order valence-electron chi connectivity index (χ4n) is 3.35. The lowest BCUT2D eigenvalue weighted by atomic mass is 10.1. The van der Waals surface area contributed by atoms with Gasteiger partial charge in [0.1, 0.15) is 0 Å². The second kappa shape index (κ2) is 16.8. The number of carboxylic acids is 1. The highest BCUT2D eigenvalue weighted by Gasteiger charge is 2.11. The molecule has 0 fully saturated rings. The van der Waals surface area contributed by atoms with Gasteiger partial charge in [0.15, 0.2) is 0 Å². The van der Waals surface area contributed by atoms with Crippen LogP contribution in [0.4, 0.5) is 5.69 Å². The minimum absolute atomic E-state index is 0.115. The minimum Gasteiger partial charge on any atom is -0.478 e. The van der Waals surface area contributed by atoms with Gasteiger partial charge in [-0.1, -0.05) is 82.6 Å². The third kappa shape index (κ3) is 12.9. The van der Waals surface area contributed by atoms with Crippen molar-refractivity contribution in [3.8, 4) is 0 Å². The predicted molar refractivity (Wildman–Crippen MR) is 121 cm³/mol. The van der Waals surface area contributed by atoms with E-state index in [1.165, 1.54) is 63.9 Å². The molecule has 0 saturated heterocycles. The van der Waals surface area contributed by atoms with E-state index in [0.717, 1.165) is 25.7 Å². The van der Waals surface area contributed by atoms with Crippen LogP contribution in [-0.4, -0.2) is 17.0 Å². The van der Waals surface area contributed by atoms with E-state index in [9.17, 15) is 9.59 Å². The van der Waals surface area contributed by atoms with Gasteiger partial charge in [-0.25, -0.2) is 4.79 Å². The number of benzene rings is 1. The summed E-state index contributed by atoms with van der Waals surface area (Å²) in [5.74, 6) is -1.14. The zero-order valence-electron chi connectivity index (χ0n) is 18.1. The number of allylic oxidation sites excluding steroid dienone is 2. The van der Waals surface area contributed by atoms with Crippen molar-refractivity contribution in [3.05, 3.63) is 42.0 Å². The van der Waals surface area contributed by atoms with E-state index in [1.54, 1.807) is 18.2 Å². The van der Waals surface area contributed by atoms with Crippen LogP contribution >= 0.6 is 0 Å². The lowest BCUT2D eigenvalue weighted by molar-refractivity contribution is -0.116. The van der Waals surface area contributed by atoms with Gasteiger partial charge in [-0.15, -0.1) is 0 Å². The summed E-state index contributed by atoms with van der Waals surface area (Å²) in [6.45, 7) is 2.25. The number of anilines is 1. The molecule has 4 nitrogen and oxygen atoms in total. The molecule has 162 valence electrons. The molecule has 0 spiro atoms. The molecule has 0 unspecified atom stereocenters. The topological polar surface area (TPSA) is 66.4 Å². The van der Waals surface area contributed by atoms with Crippen LogP contribution in [0.1, 0.15) is 107 Å². The zero-order chi connectivity index (χ0) is 21.2. The van der Waals surface area contributed by atoms with E-state index in [2.05, 4.69) is 24.4 Å². The SMILES string of the molecule is CCCCCCCC/C=C/CCCCCCCC(=O)Nc1ccccc1C(=O)O. The Balaban J connectivity index is 1.97. The molecular formula is C25H39NO3. The molecular weight excluding hydrogens is 362 g/mol. The molecule has 1 amide bonds. The van der Waals surface area contributed by atoms with E-state index < -0.39 is 5.97 Å². The average Bonchev–Trinajstić information content (AvgIpc) is 2.71. The predicted octanol–water partition coefficient (Wildman–Crippen LogP) is 7.36. The number of aromatic carboxylic acids is 1. The van der Waals surface area contributed by atoms with Gasteiger partial charge in [-0.3, -0.25) is 4.79 Å². The third-order valence-electron chi connectivity index (χ3n) is 5.10. The van der Waals surface area contributed by atoms with Crippen LogP contribution in [-0.2, 0) is 4.79 Å². The van der Waals surface area contributed by atoms with Crippen LogP contribution in [0.5, 0.6) is 0 Å². The molecule has 29 heavy (non-hydrogen) atoms. The lowest BCUT2D eigenvalue weighted by Gasteiger charge is -2.08. The smallest absolute Gasteiger partial charge is 0.337 e. The standard InChI is InChI=1S/C25H39NO3/c1-2-3-4-5-6-7-8-9-10-11-12-13-14-15-16-21-24(27)26-23-20-18-17-19-22(23)25(28)29/h9-10,17-20H,2-8,11-16,21H2,1H3,(H,26,27)(H,28,29)/b10-9+. The molecule has 0 aliphatic heterocycles. The van der Waals surface area contributed by atoms with Gasteiger partial charge in [0.05, 0.1) is 11.3 Å². The minimum atomic E-state index is -1.03. The molecule has 1 aromatic carbocycles. The van der Waals surface area contributed by atoms with Gasteiger partial charge < -0.3 is 10.4 Å². The molecule has 1 rings (SSSR count). The maximum absolute atomic E-state index is 12.0. The van der Waals surface area contributed by atoms with Crippen molar-refractivity contribution < 1.29 is 14.7 Å². The maximum atomic E-state index is 12.0. The zero-order valence-corrected chi connectivity index (χ0v) is 18.1. The first kappa shape index (κ1) is 24.9. The fraction of sp³-hybridized carbons (Fsp3) is 0.600. The first-order chi connectivity index (χ1) is 14.1. The lowest BCUT2D eigenvalue weighted by Crippen LogP contribution is -2.14. The molecule has 0 aliphatic rings. The van der Waals surface area contributed by atoms with Crippen LogP contribution < -0.4 is 5.32 Å². The van der Waals surface area contributed by atoms with E-state index in [-0.39, 0.29) is 11.5 Å². The number of carbonyl (C=O) groups is 2.